The van der Waals surface area contributed by atoms with E-state index in [-0.39, 0.29) is 12.2 Å². The molecule has 1 amide bonds. The fourth-order valence-electron chi connectivity index (χ4n) is 3.02. The maximum Gasteiger partial charge on any atom is 0.241 e. The van der Waals surface area contributed by atoms with Crippen LogP contribution in [-0.4, -0.2) is 29.6 Å². The van der Waals surface area contributed by atoms with Gasteiger partial charge in [0.05, 0.1) is 12.2 Å². The van der Waals surface area contributed by atoms with Gasteiger partial charge in [0.15, 0.2) is 0 Å². The summed E-state index contributed by atoms with van der Waals surface area (Å²) < 4.78 is 0. The number of amides is 1. The summed E-state index contributed by atoms with van der Waals surface area (Å²) in [6, 6.07) is 0.0132. The lowest BCUT2D eigenvalue weighted by Gasteiger charge is -2.27. The van der Waals surface area contributed by atoms with Crippen LogP contribution in [0.25, 0.3) is 0 Å². The van der Waals surface area contributed by atoms with E-state index in [1.807, 2.05) is 0 Å². The zero-order valence-corrected chi connectivity index (χ0v) is 12.7. The Labute approximate surface area is 111 Å². The zero-order valence-electron chi connectivity index (χ0n) is 12.7. The number of carbonyl (C=O) groups excluding carboxylic acids is 1. The van der Waals surface area contributed by atoms with Crippen LogP contribution >= 0.6 is 0 Å². The van der Waals surface area contributed by atoms with Crippen molar-refractivity contribution in [3.05, 3.63) is 0 Å². The summed E-state index contributed by atoms with van der Waals surface area (Å²) in [4.78, 5) is 14.6. The van der Waals surface area contributed by atoms with Gasteiger partial charge < -0.3 is 4.90 Å². The second-order valence-electron chi connectivity index (χ2n) is 7.46. The van der Waals surface area contributed by atoms with E-state index in [1.165, 1.54) is 6.42 Å². The molecule has 1 heterocycles. The predicted octanol–water partition coefficient (Wildman–Crippen LogP) is 2.47. The third kappa shape index (κ3) is 2.42. The van der Waals surface area contributed by atoms with E-state index >= 15 is 0 Å². The van der Waals surface area contributed by atoms with Crippen molar-refractivity contribution in [2.24, 2.45) is 23.2 Å². The summed E-state index contributed by atoms with van der Waals surface area (Å²) in [5.74, 6) is 1.84. The van der Waals surface area contributed by atoms with Crippen LogP contribution in [0.2, 0.25) is 0 Å². The molecule has 3 unspecified atom stereocenters. The molecule has 1 saturated carbocycles. The van der Waals surface area contributed by atoms with E-state index in [1.54, 1.807) is 0 Å². The zero-order chi connectivity index (χ0) is 13.7. The Morgan fingerprint density at radius 2 is 1.83 bits per heavy atom. The summed E-state index contributed by atoms with van der Waals surface area (Å²) >= 11 is 0. The van der Waals surface area contributed by atoms with Gasteiger partial charge in [-0.25, -0.2) is 0 Å². The molecule has 2 aliphatic rings. The number of nitrogens with zero attached hydrogens (tertiary/aromatic N) is 1. The van der Waals surface area contributed by atoms with Gasteiger partial charge in [0.2, 0.25) is 5.91 Å². The maximum atomic E-state index is 12.5. The maximum absolute atomic E-state index is 12.5. The molecular formula is C15H28N2O. The molecule has 2 rings (SSSR count). The van der Waals surface area contributed by atoms with Crippen molar-refractivity contribution in [3.8, 4) is 0 Å². The van der Waals surface area contributed by atoms with Gasteiger partial charge >= 0.3 is 0 Å². The van der Waals surface area contributed by atoms with Gasteiger partial charge in [-0.3, -0.25) is 10.1 Å². The molecule has 2 fully saturated rings. The molecule has 3 heteroatoms. The van der Waals surface area contributed by atoms with Crippen LogP contribution in [-0.2, 0) is 4.79 Å². The molecule has 0 radical (unpaired) electrons. The Hall–Kier alpha value is -0.570. The van der Waals surface area contributed by atoms with Crippen LogP contribution in [0.5, 0.6) is 0 Å². The van der Waals surface area contributed by atoms with E-state index < -0.39 is 0 Å². The van der Waals surface area contributed by atoms with Gasteiger partial charge in [0.1, 0.15) is 0 Å². The minimum absolute atomic E-state index is 0.0132. The first-order valence-corrected chi connectivity index (χ1v) is 7.30. The first-order valence-electron chi connectivity index (χ1n) is 7.30. The summed E-state index contributed by atoms with van der Waals surface area (Å²) in [6.07, 6.45) is 1.48. The first kappa shape index (κ1) is 13.9. The highest BCUT2D eigenvalue weighted by molar-refractivity contribution is 5.84. The number of rotatable bonds is 4. The Morgan fingerprint density at radius 1 is 1.28 bits per heavy atom. The average molecular weight is 252 g/mol. The van der Waals surface area contributed by atoms with Crippen LogP contribution in [0.3, 0.4) is 0 Å². The summed E-state index contributed by atoms with van der Waals surface area (Å²) in [6.45, 7) is 14.2. The normalized spacial score (nSPS) is 34.8. The van der Waals surface area contributed by atoms with Crippen LogP contribution in [0.15, 0.2) is 0 Å². The molecular weight excluding hydrogens is 224 g/mol. The number of hydrogen-bond donors (Lipinski definition) is 1. The van der Waals surface area contributed by atoms with Gasteiger partial charge in [-0.1, -0.05) is 41.5 Å². The minimum Gasteiger partial charge on any atom is -0.325 e. The van der Waals surface area contributed by atoms with Crippen LogP contribution in [0.4, 0.5) is 0 Å². The van der Waals surface area contributed by atoms with Crippen molar-refractivity contribution in [1.82, 2.24) is 10.2 Å². The predicted molar refractivity (Wildman–Crippen MR) is 74.0 cm³/mol. The second kappa shape index (κ2) is 4.52. The highest BCUT2D eigenvalue weighted by Crippen LogP contribution is 2.52. The van der Waals surface area contributed by atoms with E-state index in [2.05, 4.69) is 51.8 Å². The van der Waals surface area contributed by atoms with Gasteiger partial charge in [-0.2, -0.15) is 0 Å². The molecule has 0 aromatic heterocycles. The van der Waals surface area contributed by atoms with Gasteiger partial charge in [-0.05, 0) is 29.6 Å². The fourth-order valence-corrected chi connectivity index (χ4v) is 3.02. The molecule has 0 aromatic rings. The highest BCUT2D eigenvalue weighted by atomic mass is 16.2. The van der Waals surface area contributed by atoms with E-state index in [0.29, 0.717) is 29.1 Å². The quantitative estimate of drug-likeness (QED) is 0.833. The SMILES string of the molecule is CC(C)C1NC(C(C)C)N(CC2CC2(C)C)C1=O. The molecule has 1 saturated heterocycles. The molecule has 0 bridgehead atoms. The van der Waals surface area contributed by atoms with Gasteiger partial charge in [0.25, 0.3) is 0 Å². The minimum atomic E-state index is 0.0132. The lowest BCUT2D eigenvalue weighted by atomic mass is 10.0. The third-order valence-corrected chi connectivity index (χ3v) is 4.67. The standard InChI is InChI=1S/C15H28N2O/c1-9(2)12-14(18)17(13(16-12)10(3)4)8-11-7-15(11,5)6/h9-13,16H,7-8H2,1-6H3. The number of carbonyl (C=O) groups is 1. The summed E-state index contributed by atoms with van der Waals surface area (Å²) in [5.41, 5.74) is 0.442. The lowest BCUT2D eigenvalue weighted by molar-refractivity contribution is -0.131. The van der Waals surface area contributed by atoms with E-state index in [9.17, 15) is 4.79 Å². The van der Waals surface area contributed by atoms with Crippen molar-refractivity contribution in [2.75, 3.05) is 6.54 Å². The summed E-state index contributed by atoms with van der Waals surface area (Å²) in [7, 11) is 0. The first-order chi connectivity index (χ1) is 8.24. The highest BCUT2D eigenvalue weighted by Gasteiger charge is 2.50. The van der Waals surface area contributed by atoms with Gasteiger partial charge in [0, 0.05) is 6.54 Å². The molecule has 0 spiro atoms. The lowest BCUT2D eigenvalue weighted by Crippen LogP contribution is -2.42. The molecule has 104 valence electrons. The molecule has 3 nitrogen and oxygen atoms in total. The van der Waals surface area contributed by atoms with Crippen molar-refractivity contribution >= 4 is 5.91 Å². The molecule has 1 N–H and O–H groups in total. The Bertz CT molecular complexity index is 335. The Morgan fingerprint density at radius 3 is 2.22 bits per heavy atom. The Kier molecular flexibility index (Phi) is 3.48. The smallest absolute Gasteiger partial charge is 0.241 e. The van der Waals surface area contributed by atoms with Gasteiger partial charge in [-0.15, -0.1) is 0 Å². The van der Waals surface area contributed by atoms with E-state index in [4.69, 9.17) is 0 Å². The molecule has 1 aliphatic heterocycles. The average Bonchev–Trinajstić information content (AvgIpc) is 2.66. The fraction of sp³-hybridized carbons (Fsp3) is 0.933. The monoisotopic (exact) mass is 252 g/mol. The second-order valence-corrected chi connectivity index (χ2v) is 7.46. The van der Waals surface area contributed by atoms with Crippen LogP contribution in [0.1, 0.15) is 48.0 Å². The largest absolute Gasteiger partial charge is 0.325 e. The van der Waals surface area contributed by atoms with Crippen molar-refractivity contribution in [2.45, 2.75) is 60.2 Å². The summed E-state index contributed by atoms with van der Waals surface area (Å²) in [5, 5.41) is 3.53. The molecule has 1 aliphatic carbocycles. The molecule has 0 aromatic carbocycles. The number of hydrogen-bond acceptors (Lipinski definition) is 2. The topological polar surface area (TPSA) is 32.3 Å². The van der Waals surface area contributed by atoms with Crippen molar-refractivity contribution < 1.29 is 4.79 Å². The molecule has 3 atom stereocenters. The van der Waals surface area contributed by atoms with Crippen LogP contribution in [0, 0.1) is 23.2 Å². The van der Waals surface area contributed by atoms with Crippen LogP contribution < -0.4 is 5.32 Å². The third-order valence-electron chi connectivity index (χ3n) is 4.67. The molecule has 18 heavy (non-hydrogen) atoms. The Balaban J connectivity index is 2.07. The number of nitrogens with one attached hydrogen (secondary N) is 1. The van der Waals surface area contributed by atoms with Crippen molar-refractivity contribution in [1.29, 1.82) is 0 Å². The van der Waals surface area contributed by atoms with E-state index in [0.717, 1.165) is 6.54 Å². The van der Waals surface area contributed by atoms with Crippen molar-refractivity contribution in [3.63, 3.8) is 0 Å².